The Morgan fingerprint density at radius 1 is 1.23 bits per heavy atom. The van der Waals surface area contributed by atoms with Crippen LogP contribution in [0.4, 0.5) is 0 Å². The minimum Gasteiger partial charge on any atom is -0.379 e. The Morgan fingerprint density at radius 2 is 1.86 bits per heavy atom. The molecule has 4 nitrogen and oxygen atoms in total. The van der Waals surface area contributed by atoms with Crippen LogP contribution in [0.3, 0.4) is 0 Å². The average Bonchev–Trinajstić information content (AvgIpc) is 2.51. The van der Waals surface area contributed by atoms with Gasteiger partial charge in [0.1, 0.15) is 6.17 Å². The summed E-state index contributed by atoms with van der Waals surface area (Å²) < 4.78 is 3.66. The molecule has 0 spiro atoms. The molecule has 0 aromatic heterocycles. The normalized spacial score (nSPS) is 18.3. The lowest BCUT2D eigenvalue weighted by atomic mass is 10.2. The summed E-state index contributed by atoms with van der Waals surface area (Å²) in [7, 11) is 0. The number of amides is 1. The average molecular weight is 364 g/mol. The summed E-state index contributed by atoms with van der Waals surface area (Å²) >= 11 is 18.0. The van der Waals surface area contributed by atoms with Crippen LogP contribution in [0.5, 0.6) is 0 Å². The van der Waals surface area contributed by atoms with Gasteiger partial charge in [-0.15, -0.1) is 0 Å². The summed E-state index contributed by atoms with van der Waals surface area (Å²) in [6.07, 6.45) is 2.44. The Hall–Kier alpha value is -0.780. The molecule has 0 bridgehead atoms. The van der Waals surface area contributed by atoms with Crippen LogP contribution in [0.2, 0.25) is 0 Å². The van der Waals surface area contributed by atoms with Crippen LogP contribution in [0.1, 0.15) is 5.56 Å². The molecule has 120 valence electrons. The predicted molar refractivity (Wildman–Crippen MR) is 90.1 cm³/mol. The summed E-state index contributed by atoms with van der Waals surface area (Å²) in [6, 6.07) is 9.51. The van der Waals surface area contributed by atoms with Gasteiger partial charge in [-0.3, -0.25) is 9.69 Å². The van der Waals surface area contributed by atoms with E-state index in [1.807, 2.05) is 35.2 Å². The van der Waals surface area contributed by atoms with Gasteiger partial charge in [0.2, 0.25) is 9.70 Å². The van der Waals surface area contributed by atoms with Crippen molar-refractivity contribution in [3.63, 3.8) is 0 Å². The topological polar surface area (TPSA) is 41.6 Å². The van der Waals surface area contributed by atoms with Crippen LogP contribution in [0.25, 0.3) is 6.08 Å². The van der Waals surface area contributed by atoms with Gasteiger partial charge in [-0.2, -0.15) is 0 Å². The van der Waals surface area contributed by atoms with Gasteiger partial charge in [0.25, 0.3) is 0 Å². The number of carbonyl (C=O) groups is 1. The fraction of sp³-hybridized carbons (Fsp3) is 0.400. The standard InChI is InChI=1S/C15H17Cl3N2O2/c16-15(17,18)14(20-8-10-22-11-9-20)19-13(21)7-6-12-4-2-1-3-5-12/h1-7,14H,8-11H2,(H,19,21)/b7-6-/t14-/m1/s1. The van der Waals surface area contributed by atoms with E-state index in [-0.39, 0.29) is 5.91 Å². The van der Waals surface area contributed by atoms with Crippen molar-refractivity contribution in [2.75, 3.05) is 26.3 Å². The number of alkyl halides is 3. The predicted octanol–water partition coefficient (Wildman–Crippen LogP) is 2.84. The molecule has 1 amide bonds. The number of morpholine rings is 1. The summed E-state index contributed by atoms with van der Waals surface area (Å²) in [4.78, 5) is 14.0. The Bertz CT molecular complexity index is 511. The quantitative estimate of drug-likeness (QED) is 0.661. The molecule has 0 aliphatic carbocycles. The van der Waals surface area contributed by atoms with E-state index in [1.54, 1.807) is 6.08 Å². The number of rotatable bonds is 4. The number of ether oxygens (including phenoxy) is 1. The molecule has 7 heteroatoms. The second kappa shape index (κ2) is 8.18. The molecule has 0 radical (unpaired) electrons. The van der Waals surface area contributed by atoms with Crippen LogP contribution >= 0.6 is 34.8 Å². The first kappa shape index (κ1) is 17.6. The van der Waals surface area contributed by atoms with E-state index in [0.717, 1.165) is 5.56 Å². The maximum atomic E-state index is 12.1. The van der Waals surface area contributed by atoms with Gasteiger partial charge in [0.05, 0.1) is 13.2 Å². The first-order valence-electron chi connectivity index (χ1n) is 6.89. The van der Waals surface area contributed by atoms with Gasteiger partial charge in [-0.25, -0.2) is 0 Å². The highest BCUT2D eigenvalue weighted by Gasteiger charge is 2.38. The van der Waals surface area contributed by atoms with Gasteiger partial charge >= 0.3 is 0 Å². The van der Waals surface area contributed by atoms with Crippen LogP contribution < -0.4 is 5.32 Å². The SMILES string of the molecule is O=C(/C=C\c1ccccc1)N[C@H](N1CCOCC1)C(Cl)(Cl)Cl. The molecule has 1 aromatic rings. The zero-order chi connectivity index (χ0) is 16.0. The molecule has 1 aliphatic heterocycles. The largest absolute Gasteiger partial charge is 0.379 e. The van der Waals surface area contributed by atoms with Crippen LogP contribution in [0.15, 0.2) is 36.4 Å². The fourth-order valence-electron chi connectivity index (χ4n) is 2.13. The Balaban J connectivity index is 2.00. The zero-order valence-electron chi connectivity index (χ0n) is 11.8. The van der Waals surface area contributed by atoms with Gasteiger partial charge in [0.15, 0.2) is 0 Å². The number of benzene rings is 1. The van der Waals surface area contributed by atoms with Gasteiger partial charge in [-0.05, 0) is 11.6 Å². The second-order valence-electron chi connectivity index (χ2n) is 4.85. The van der Waals surface area contributed by atoms with Crippen LogP contribution in [0, 0.1) is 0 Å². The van der Waals surface area contributed by atoms with E-state index in [0.29, 0.717) is 26.3 Å². The molecule has 0 saturated carbocycles. The van der Waals surface area contributed by atoms with Crippen molar-refractivity contribution in [2.24, 2.45) is 0 Å². The molecule has 2 rings (SSSR count). The smallest absolute Gasteiger partial charge is 0.245 e. The fourth-order valence-corrected chi connectivity index (χ4v) is 2.71. The van der Waals surface area contributed by atoms with E-state index in [9.17, 15) is 4.79 Å². The molecule has 1 fully saturated rings. The molecule has 1 N–H and O–H groups in total. The first-order valence-corrected chi connectivity index (χ1v) is 8.02. The van der Waals surface area contributed by atoms with Crippen molar-refractivity contribution in [1.82, 2.24) is 10.2 Å². The monoisotopic (exact) mass is 362 g/mol. The highest BCUT2D eigenvalue weighted by atomic mass is 35.6. The van der Waals surface area contributed by atoms with E-state index in [2.05, 4.69) is 5.32 Å². The van der Waals surface area contributed by atoms with Crippen molar-refractivity contribution in [3.8, 4) is 0 Å². The zero-order valence-corrected chi connectivity index (χ0v) is 14.1. The lowest BCUT2D eigenvalue weighted by molar-refractivity contribution is -0.119. The number of carbonyl (C=O) groups excluding carboxylic acids is 1. The molecule has 1 saturated heterocycles. The summed E-state index contributed by atoms with van der Waals surface area (Å²) in [5.41, 5.74) is 0.925. The van der Waals surface area contributed by atoms with Gasteiger partial charge in [0, 0.05) is 19.2 Å². The molecule has 0 unspecified atom stereocenters. The Labute approximate surface area is 145 Å². The molecule has 1 aromatic carbocycles. The van der Waals surface area contributed by atoms with E-state index < -0.39 is 9.96 Å². The van der Waals surface area contributed by atoms with Crippen molar-refractivity contribution in [1.29, 1.82) is 0 Å². The summed E-state index contributed by atoms with van der Waals surface area (Å²) in [5, 5.41) is 2.75. The second-order valence-corrected chi connectivity index (χ2v) is 7.21. The Kier molecular flexibility index (Phi) is 6.53. The minimum absolute atomic E-state index is 0.313. The van der Waals surface area contributed by atoms with Crippen LogP contribution in [-0.2, 0) is 9.53 Å². The third kappa shape index (κ3) is 5.45. The molecular weight excluding hydrogens is 347 g/mol. The number of nitrogens with zero attached hydrogens (tertiary/aromatic N) is 1. The minimum atomic E-state index is -1.62. The number of hydrogen-bond acceptors (Lipinski definition) is 3. The summed E-state index contributed by atoms with van der Waals surface area (Å²) in [5.74, 6) is -0.313. The Morgan fingerprint density at radius 3 is 2.45 bits per heavy atom. The van der Waals surface area contributed by atoms with E-state index >= 15 is 0 Å². The van der Waals surface area contributed by atoms with Crippen molar-refractivity contribution < 1.29 is 9.53 Å². The summed E-state index contributed by atoms with van der Waals surface area (Å²) in [6.45, 7) is 2.29. The molecule has 1 atom stereocenters. The maximum Gasteiger partial charge on any atom is 0.245 e. The van der Waals surface area contributed by atoms with Crippen LogP contribution in [-0.4, -0.2) is 47.1 Å². The van der Waals surface area contributed by atoms with Gasteiger partial charge < -0.3 is 10.1 Å². The highest BCUT2D eigenvalue weighted by Crippen LogP contribution is 2.32. The molecule has 1 heterocycles. The van der Waals surface area contributed by atoms with Gasteiger partial charge in [-0.1, -0.05) is 65.1 Å². The number of halogens is 3. The van der Waals surface area contributed by atoms with Crippen molar-refractivity contribution in [3.05, 3.63) is 42.0 Å². The molecule has 22 heavy (non-hydrogen) atoms. The van der Waals surface area contributed by atoms with Crippen molar-refractivity contribution >= 4 is 46.8 Å². The van der Waals surface area contributed by atoms with Crippen molar-refractivity contribution in [2.45, 2.75) is 9.96 Å². The number of hydrogen-bond donors (Lipinski definition) is 1. The molecule has 1 aliphatic rings. The number of nitrogens with one attached hydrogen (secondary N) is 1. The third-order valence-electron chi connectivity index (χ3n) is 3.23. The van der Waals surface area contributed by atoms with E-state index in [1.165, 1.54) is 6.08 Å². The van der Waals surface area contributed by atoms with E-state index in [4.69, 9.17) is 39.5 Å². The lowest BCUT2D eigenvalue weighted by Crippen LogP contribution is -2.58. The molecular formula is C15H17Cl3N2O2. The lowest BCUT2D eigenvalue weighted by Gasteiger charge is -2.38. The highest BCUT2D eigenvalue weighted by molar-refractivity contribution is 6.68. The third-order valence-corrected chi connectivity index (χ3v) is 3.85. The maximum absolute atomic E-state index is 12.1. The first-order chi connectivity index (χ1) is 10.5.